The van der Waals surface area contributed by atoms with E-state index in [2.05, 4.69) is 10.3 Å². The molecule has 0 saturated carbocycles. The second-order valence-electron chi connectivity index (χ2n) is 3.77. The highest BCUT2D eigenvalue weighted by atomic mass is 16.5. The zero-order valence-corrected chi connectivity index (χ0v) is 10.3. The zero-order valence-electron chi connectivity index (χ0n) is 10.3. The van der Waals surface area contributed by atoms with E-state index < -0.39 is 0 Å². The molecule has 1 amide bonds. The standard InChI is InChI=1S/C14H12N2O3/c1-19-13-3-2-10(9-17)8-12(13)16-14(18)11-4-6-15-7-5-11/h2-9H,1H3,(H,16,18). The molecule has 0 aliphatic carbocycles. The van der Waals surface area contributed by atoms with Crippen LogP contribution in [0.3, 0.4) is 0 Å². The van der Waals surface area contributed by atoms with Gasteiger partial charge in [-0.15, -0.1) is 0 Å². The fourth-order valence-electron chi connectivity index (χ4n) is 1.59. The molecule has 96 valence electrons. The topological polar surface area (TPSA) is 68.3 Å². The Morgan fingerprint density at radius 3 is 2.63 bits per heavy atom. The van der Waals surface area contributed by atoms with Crippen LogP contribution in [0.5, 0.6) is 5.75 Å². The Bertz CT molecular complexity index is 597. The summed E-state index contributed by atoms with van der Waals surface area (Å²) in [6.07, 6.45) is 3.78. The predicted octanol–water partition coefficient (Wildman–Crippen LogP) is 2.16. The van der Waals surface area contributed by atoms with Crippen LogP contribution in [-0.2, 0) is 0 Å². The van der Waals surface area contributed by atoms with E-state index in [4.69, 9.17) is 4.74 Å². The van der Waals surface area contributed by atoms with Gasteiger partial charge in [0.1, 0.15) is 12.0 Å². The highest BCUT2D eigenvalue weighted by Crippen LogP contribution is 2.25. The SMILES string of the molecule is COc1ccc(C=O)cc1NC(=O)c1ccncc1. The average molecular weight is 256 g/mol. The van der Waals surface area contributed by atoms with Crippen LogP contribution in [0.4, 0.5) is 5.69 Å². The monoisotopic (exact) mass is 256 g/mol. The van der Waals surface area contributed by atoms with Gasteiger partial charge in [-0.05, 0) is 30.3 Å². The summed E-state index contributed by atoms with van der Waals surface area (Å²) in [6, 6.07) is 8.02. The van der Waals surface area contributed by atoms with Gasteiger partial charge in [0, 0.05) is 23.5 Å². The Kier molecular flexibility index (Phi) is 3.87. The minimum atomic E-state index is -0.288. The van der Waals surface area contributed by atoms with Gasteiger partial charge in [0.2, 0.25) is 0 Å². The first-order chi connectivity index (χ1) is 9.24. The summed E-state index contributed by atoms with van der Waals surface area (Å²) in [6.45, 7) is 0. The predicted molar refractivity (Wildman–Crippen MR) is 70.6 cm³/mol. The molecule has 0 atom stereocenters. The molecule has 1 aromatic heterocycles. The molecule has 1 aromatic carbocycles. The fourth-order valence-corrected chi connectivity index (χ4v) is 1.59. The van der Waals surface area contributed by atoms with Crippen LogP contribution in [0.15, 0.2) is 42.7 Å². The Labute approximate surface area is 110 Å². The van der Waals surface area contributed by atoms with Crippen molar-refractivity contribution in [3.05, 3.63) is 53.9 Å². The van der Waals surface area contributed by atoms with Gasteiger partial charge in [-0.25, -0.2) is 0 Å². The summed E-state index contributed by atoms with van der Waals surface area (Å²) in [5.74, 6) is 0.205. The van der Waals surface area contributed by atoms with Crippen LogP contribution in [-0.4, -0.2) is 24.3 Å². The lowest BCUT2D eigenvalue weighted by molar-refractivity contribution is 0.102. The molecular weight excluding hydrogens is 244 g/mol. The number of aldehydes is 1. The van der Waals surface area contributed by atoms with Gasteiger partial charge < -0.3 is 10.1 Å². The van der Waals surface area contributed by atoms with E-state index in [0.717, 1.165) is 0 Å². The minimum Gasteiger partial charge on any atom is -0.495 e. The molecule has 5 heteroatoms. The number of benzene rings is 1. The number of amides is 1. The summed E-state index contributed by atoms with van der Waals surface area (Å²) in [5.41, 5.74) is 1.40. The molecule has 2 rings (SSSR count). The minimum absolute atomic E-state index is 0.288. The highest BCUT2D eigenvalue weighted by Gasteiger charge is 2.10. The smallest absolute Gasteiger partial charge is 0.255 e. The Morgan fingerprint density at radius 2 is 2.00 bits per heavy atom. The lowest BCUT2D eigenvalue weighted by atomic mass is 10.2. The molecule has 0 spiro atoms. The van der Waals surface area contributed by atoms with Gasteiger partial charge in [0.15, 0.2) is 0 Å². The van der Waals surface area contributed by atoms with Gasteiger partial charge in [0.05, 0.1) is 12.8 Å². The Balaban J connectivity index is 2.27. The number of nitrogens with one attached hydrogen (secondary N) is 1. The number of hydrogen-bond donors (Lipinski definition) is 1. The molecule has 0 fully saturated rings. The Morgan fingerprint density at radius 1 is 1.26 bits per heavy atom. The van der Waals surface area contributed by atoms with Crippen molar-refractivity contribution in [3.63, 3.8) is 0 Å². The number of methoxy groups -OCH3 is 1. The van der Waals surface area contributed by atoms with Gasteiger partial charge >= 0.3 is 0 Å². The first-order valence-corrected chi connectivity index (χ1v) is 5.59. The van der Waals surface area contributed by atoms with E-state index in [1.54, 1.807) is 30.3 Å². The molecule has 0 radical (unpaired) electrons. The van der Waals surface area contributed by atoms with Crippen LogP contribution in [0.1, 0.15) is 20.7 Å². The second-order valence-corrected chi connectivity index (χ2v) is 3.77. The summed E-state index contributed by atoms with van der Waals surface area (Å²) in [7, 11) is 1.50. The number of nitrogens with zero attached hydrogens (tertiary/aromatic N) is 1. The number of rotatable bonds is 4. The van der Waals surface area contributed by atoms with Crippen LogP contribution in [0, 0.1) is 0 Å². The van der Waals surface area contributed by atoms with Crippen LogP contribution in [0.2, 0.25) is 0 Å². The van der Waals surface area contributed by atoms with Crippen molar-refractivity contribution in [3.8, 4) is 5.75 Å². The van der Waals surface area contributed by atoms with Gasteiger partial charge in [-0.2, -0.15) is 0 Å². The van der Waals surface area contributed by atoms with Gasteiger partial charge in [-0.3, -0.25) is 14.6 Å². The molecule has 0 saturated heterocycles. The lowest BCUT2D eigenvalue weighted by Crippen LogP contribution is -2.12. The number of ether oxygens (including phenoxy) is 1. The summed E-state index contributed by atoms with van der Waals surface area (Å²) in [4.78, 5) is 26.6. The van der Waals surface area contributed by atoms with Crippen molar-refractivity contribution in [1.82, 2.24) is 4.98 Å². The van der Waals surface area contributed by atoms with E-state index in [9.17, 15) is 9.59 Å². The zero-order chi connectivity index (χ0) is 13.7. The molecule has 5 nitrogen and oxygen atoms in total. The number of aromatic nitrogens is 1. The van der Waals surface area contributed by atoms with E-state index in [-0.39, 0.29) is 5.91 Å². The third-order valence-corrected chi connectivity index (χ3v) is 2.55. The van der Waals surface area contributed by atoms with Crippen LogP contribution in [0.25, 0.3) is 0 Å². The number of carbonyl (C=O) groups excluding carboxylic acids is 2. The molecule has 0 bridgehead atoms. The van der Waals surface area contributed by atoms with Crippen LogP contribution >= 0.6 is 0 Å². The van der Waals surface area contributed by atoms with Crippen LogP contribution < -0.4 is 10.1 Å². The molecular formula is C14H12N2O3. The van der Waals surface area contributed by atoms with E-state index in [1.807, 2.05) is 0 Å². The molecule has 2 aromatic rings. The largest absolute Gasteiger partial charge is 0.495 e. The van der Waals surface area contributed by atoms with Crippen molar-refractivity contribution in [2.24, 2.45) is 0 Å². The highest BCUT2D eigenvalue weighted by molar-refractivity contribution is 6.05. The average Bonchev–Trinajstić information content (AvgIpc) is 2.48. The number of carbonyl (C=O) groups is 2. The molecule has 1 heterocycles. The lowest BCUT2D eigenvalue weighted by Gasteiger charge is -2.10. The first kappa shape index (κ1) is 12.8. The van der Waals surface area contributed by atoms with E-state index in [1.165, 1.54) is 19.5 Å². The summed E-state index contributed by atoms with van der Waals surface area (Å²) < 4.78 is 5.14. The van der Waals surface area contributed by atoms with Crippen molar-refractivity contribution in [2.45, 2.75) is 0 Å². The number of hydrogen-bond acceptors (Lipinski definition) is 4. The maximum Gasteiger partial charge on any atom is 0.255 e. The van der Waals surface area contributed by atoms with Crippen molar-refractivity contribution in [1.29, 1.82) is 0 Å². The van der Waals surface area contributed by atoms with E-state index in [0.29, 0.717) is 28.8 Å². The second kappa shape index (κ2) is 5.77. The molecule has 0 unspecified atom stereocenters. The third-order valence-electron chi connectivity index (χ3n) is 2.55. The van der Waals surface area contributed by atoms with Crippen molar-refractivity contribution in [2.75, 3.05) is 12.4 Å². The summed E-state index contributed by atoms with van der Waals surface area (Å²) in [5, 5.41) is 2.70. The van der Waals surface area contributed by atoms with Gasteiger partial charge in [0.25, 0.3) is 5.91 Å². The normalized spacial score (nSPS) is 9.74. The molecule has 0 aliphatic heterocycles. The fraction of sp³-hybridized carbons (Fsp3) is 0.0714. The Hall–Kier alpha value is -2.69. The van der Waals surface area contributed by atoms with Gasteiger partial charge in [-0.1, -0.05) is 0 Å². The molecule has 1 N–H and O–H groups in total. The molecule has 0 aliphatic rings. The van der Waals surface area contributed by atoms with E-state index >= 15 is 0 Å². The summed E-state index contributed by atoms with van der Waals surface area (Å²) >= 11 is 0. The number of anilines is 1. The third kappa shape index (κ3) is 2.95. The van der Waals surface area contributed by atoms with Crippen molar-refractivity contribution < 1.29 is 14.3 Å². The maximum absolute atomic E-state index is 12.0. The first-order valence-electron chi connectivity index (χ1n) is 5.59. The number of pyridine rings is 1. The quantitative estimate of drug-likeness (QED) is 0.851. The van der Waals surface area contributed by atoms with Crippen molar-refractivity contribution >= 4 is 17.9 Å². The maximum atomic E-state index is 12.0. The molecule has 19 heavy (non-hydrogen) atoms.